The van der Waals surface area contributed by atoms with Crippen molar-refractivity contribution in [3.05, 3.63) is 58.8 Å². The van der Waals surface area contributed by atoms with Crippen molar-refractivity contribution in [1.82, 2.24) is 9.38 Å². The molecule has 0 amide bonds. The van der Waals surface area contributed by atoms with Gasteiger partial charge in [-0.1, -0.05) is 28.1 Å². The summed E-state index contributed by atoms with van der Waals surface area (Å²) < 4.78 is 3.12. The molecule has 92 valence electrons. The summed E-state index contributed by atoms with van der Waals surface area (Å²) in [5.41, 5.74) is 4.33. The molecule has 18 heavy (non-hydrogen) atoms. The molecule has 3 aromatic rings. The highest BCUT2D eigenvalue weighted by Gasteiger charge is 2.04. The minimum absolute atomic E-state index is 0. The number of aryl methyl sites for hydroxylation is 1. The van der Waals surface area contributed by atoms with Gasteiger partial charge in [-0.05, 0) is 36.8 Å². The summed E-state index contributed by atoms with van der Waals surface area (Å²) in [6.45, 7) is 2.08. The van der Waals surface area contributed by atoms with Gasteiger partial charge in [-0.2, -0.15) is 0 Å². The molecule has 0 fully saturated rings. The SMILES string of the molecule is Cc1ccn2cc(-c3cccc(Br)c3)nc2c1.I. The third-order valence-electron chi connectivity index (χ3n) is 2.74. The van der Waals surface area contributed by atoms with Gasteiger partial charge in [0.05, 0.1) is 5.69 Å². The van der Waals surface area contributed by atoms with E-state index >= 15 is 0 Å². The summed E-state index contributed by atoms with van der Waals surface area (Å²) in [6.07, 6.45) is 4.09. The van der Waals surface area contributed by atoms with E-state index in [2.05, 4.69) is 58.3 Å². The molecule has 0 atom stereocenters. The lowest BCUT2D eigenvalue weighted by Gasteiger charge is -1.95. The maximum atomic E-state index is 4.63. The first-order chi connectivity index (χ1) is 8.22. The van der Waals surface area contributed by atoms with E-state index in [9.17, 15) is 0 Å². The average Bonchev–Trinajstić information content (AvgIpc) is 2.72. The number of hydrogen-bond donors (Lipinski definition) is 0. The van der Waals surface area contributed by atoms with Gasteiger partial charge in [-0.3, -0.25) is 0 Å². The number of nitrogens with zero attached hydrogens (tertiary/aromatic N) is 2. The topological polar surface area (TPSA) is 17.3 Å². The zero-order valence-corrected chi connectivity index (χ0v) is 13.7. The lowest BCUT2D eigenvalue weighted by molar-refractivity contribution is 1.17. The van der Waals surface area contributed by atoms with E-state index < -0.39 is 0 Å². The van der Waals surface area contributed by atoms with Gasteiger partial charge in [0.2, 0.25) is 0 Å². The average molecular weight is 415 g/mol. The third kappa shape index (κ3) is 2.59. The standard InChI is InChI=1S/C14H11BrN2.HI/c1-10-5-6-17-9-13(16-14(17)7-10)11-3-2-4-12(15)8-11;/h2-9H,1H3;1H. The Balaban J connectivity index is 0.00000120. The van der Waals surface area contributed by atoms with Crippen molar-refractivity contribution in [2.75, 3.05) is 0 Å². The Morgan fingerprint density at radius 2 is 2.00 bits per heavy atom. The fourth-order valence-electron chi connectivity index (χ4n) is 1.87. The van der Waals surface area contributed by atoms with Crippen LogP contribution in [0.5, 0.6) is 0 Å². The summed E-state index contributed by atoms with van der Waals surface area (Å²) in [6, 6.07) is 12.4. The molecule has 0 aliphatic heterocycles. The number of rotatable bonds is 1. The molecule has 0 saturated carbocycles. The summed E-state index contributed by atoms with van der Waals surface area (Å²) >= 11 is 3.48. The molecule has 2 nitrogen and oxygen atoms in total. The zero-order valence-electron chi connectivity index (χ0n) is 9.80. The van der Waals surface area contributed by atoms with Crippen molar-refractivity contribution >= 4 is 45.6 Å². The Labute approximate surface area is 131 Å². The Bertz CT molecular complexity index is 691. The highest BCUT2D eigenvalue weighted by molar-refractivity contribution is 14.0. The lowest BCUT2D eigenvalue weighted by Crippen LogP contribution is -1.81. The largest absolute Gasteiger partial charge is 0.306 e. The monoisotopic (exact) mass is 414 g/mol. The zero-order chi connectivity index (χ0) is 11.8. The Hall–Kier alpha value is -0.880. The normalized spacial score (nSPS) is 10.3. The molecule has 4 heteroatoms. The minimum atomic E-state index is 0. The molecule has 0 spiro atoms. The molecule has 0 unspecified atom stereocenters. The Morgan fingerprint density at radius 1 is 1.17 bits per heavy atom. The van der Waals surface area contributed by atoms with Crippen molar-refractivity contribution in [3.63, 3.8) is 0 Å². The van der Waals surface area contributed by atoms with Gasteiger partial charge in [-0.15, -0.1) is 24.0 Å². The Kier molecular flexibility index (Phi) is 4.07. The number of pyridine rings is 1. The number of halogens is 2. The first kappa shape index (κ1) is 13.5. The van der Waals surface area contributed by atoms with E-state index in [4.69, 9.17) is 0 Å². The highest BCUT2D eigenvalue weighted by Crippen LogP contribution is 2.22. The van der Waals surface area contributed by atoms with E-state index in [0.29, 0.717) is 0 Å². The predicted molar refractivity (Wildman–Crippen MR) is 88.5 cm³/mol. The van der Waals surface area contributed by atoms with Gasteiger partial charge in [0, 0.05) is 22.4 Å². The van der Waals surface area contributed by atoms with E-state index in [1.54, 1.807) is 0 Å². The van der Waals surface area contributed by atoms with Crippen LogP contribution in [-0.4, -0.2) is 9.38 Å². The van der Waals surface area contributed by atoms with Crippen LogP contribution in [0, 0.1) is 6.92 Å². The number of hydrogen-bond acceptors (Lipinski definition) is 1. The number of aromatic nitrogens is 2. The maximum absolute atomic E-state index is 4.63. The van der Waals surface area contributed by atoms with Crippen molar-refractivity contribution in [2.24, 2.45) is 0 Å². The first-order valence-electron chi connectivity index (χ1n) is 5.44. The number of benzene rings is 1. The van der Waals surface area contributed by atoms with Crippen molar-refractivity contribution in [2.45, 2.75) is 6.92 Å². The van der Waals surface area contributed by atoms with Gasteiger partial charge >= 0.3 is 0 Å². The molecule has 0 radical (unpaired) electrons. The lowest BCUT2D eigenvalue weighted by atomic mass is 10.2. The van der Waals surface area contributed by atoms with E-state index in [0.717, 1.165) is 21.4 Å². The second-order valence-corrected chi connectivity index (χ2v) is 5.02. The van der Waals surface area contributed by atoms with Crippen LogP contribution in [0.3, 0.4) is 0 Å². The molecule has 2 aromatic heterocycles. The molecule has 1 aromatic carbocycles. The molecule has 0 N–H and O–H groups in total. The Morgan fingerprint density at radius 3 is 2.78 bits per heavy atom. The summed E-state index contributed by atoms with van der Waals surface area (Å²) in [5.74, 6) is 0. The van der Waals surface area contributed by atoms with Crippen molar-refractivity contribution in [3.8, 4) is 11.3 Å². The minimum Gasteiger partial charge on any atom is -0.306 e. The smallest absolute Gasteiger partial charge is 0.137 e. The quantitative estimate of drug-likeness (QED) is 0.528. The molecule has 0 saturated heterocycles. The van der Waals surface area contributed by atoms with Gasteiger partial charge < -0.3 is 4.40 Å². The summed E-state index contributed by atoms with van der Waals surface area (Å²) in [5, 5.41) is 0. The molecular weight excluding hydrogens is 403 g/mol. The number of imidazole rings is 1. The van der Waals surface area contributed by atoms with Crippen LogP contribution >= 0.6 is 39.9 Å². The second-order valence-electron chi connectivity index (χ2n) is 4.11. The maximum Gasteiger partial charge on any atom is 0.137 e. The number of fused-ring (bicyclic) bond motifs is 1. The highest BCUT2D eigenvalue weighted by atomic mass is 127. The van der Waals surface area contributed by atoms with Crippen LogP contribution in [0.15, 0.2) is 53.3 Å². The van der Waals surface area contributed by atoms with Crippen LogP contribution < -0.4 is 0 Å². The van der Waals surface area contributed by atoms with E-state index in [1.165, 1.54) is 5.56 Å². The predicted octanol–water partition coefficient (Wildman–Crippen LogP) is 4.69. The van der Waals surface area contributed by atoms with E-state index in [-0.39, 0.29) is 24.0 Å². The van der Waals surface area contributed by atoms with Crippen LogP contribution in [0.2, 0.25) is 0 Å². The third-order valence-corrected chi connectivity index (χ3v) is 3.23. The fraction of sp³-hybridized carbons (Fsp3) is 0.0714. The van der Waals surface area contributed by atoms with Crippen LogP contribution in [-0.2, 0) is 0 Å². The van der Waals surface area contributed by atoms with Crippen molar-refractivity contribution in [1.29, 1.82) is 0 Å². The molecule has 3 rings (SSSR count). The molecule has 0 aliphatic rings. The van der Waals surface area contributed by atoms with Crippen LogP contribution in [0.1, 0.15) is 5.56 Å². The van der Waals surface area contributed by atoms with Gasteiger partial charge in [0.1, 0.15) is 5.65 Å². The molecule has 0 bridgehead atoms. The van der Waals surface area contributed by atoms with Crippen LogP contribution in [0.25, 0.3) is 16.9 Å². The summed E-state index contributed by atoms with van der Waals surface area (Å²) in [4.78, 5) is 4.63. The van der Waals surface area contributed by atoms with Gasteiger partial charge in [-0.25, -0.2) is 4.98 Å². The molecule has 0 aliphatic carbocycles. The fourth-order valence-corrected chi connectivity index (χ4v) is 2.27. The van der Waals surface area contributed by atoms with Crippen LogP contribution in [0.4, 0.5) is 0 Å². The van der Waals surface area contributed by atoms with Crippen molar-refractivity contribution < 1.29 is 0 Å². The van der Waals surface area contributed by atoms with Gasteiger partial charge in [0.15, 0.2) is 0 Å². The first-order valence-corrected chi connectivity index (χ1v) is 6.23. The molecule has 2 heterocycles. The summed E-state index contributed by atoms with van der Waals surface area (Å²) in [7, 11) is 0. The second kappa shape index (κ2) is 5.40. The molecular formula is C14H12BrIN2. The van der Waals surface area contributed by atoms with E-state index in [1.807, 2.05) is 22.7 Å². The van der Waals surface area contributed by atoms with Gasteiger partial charge in [0.25, 0.3) is 0 Å².